The van der Waals surface area contributed by atoms with E-state index in [-0.39, 0.29) is 18.0 Å². The summed E-state index contributed by atoms with van der Waals surface area (Å²) in [7, 11) is 0. The molecular formula is C17H16BrNO4. The Labute approximate surface area is 142 Å². The number of amides is 1. The monoisotopic (exact) mass is 377 g/mol. The lowest BCUT2D eigenvalue weighted by atomic mass is 9.77. The van der Waals surface area contributed by atoms with Gasteiger partial charge >= 0.3 is 5.97 Å². The van der Waals surface area contributed by atoms with E-state index in [1.165, 1.54) is 0 Å². The predicted molar refractivity (Wildman–Crippen MR) is 86.9 cm³/mol. The van der Waals surface area contributed by atoms with Gasteiger partial charge in [-0.15, -0.1) is 0 Å². The minimum Gasteiger partial charge on any atom is -0.466 e. The fourth-order valence-corrected chi connectivity index (χ4v) is 4.11. The quantitative estimate of drug-likeness (QED) is 0.598. The van der Waals surface area contributed by atoms with Crippen LogP contribution in [0.15, 0.2) is 40.9 Å². The number of benzene rings is 1. The van der Waals surface area contributed by atoms with E-state index in [1.807, 2.05) is 36.4 Å². The molecule has 2 bridgehead atoms. The number of fused-ring (bicyclic) bond motifs is 1. The minimum atomic E-state index is -0.702. The third-order valence-electron chi connectivity index (χ3n) is 4.80. The first-order valence-electron chi connectivity index (χ1n) is 7.66. The molecule has 4 atom stereocenters. The van der Waals surface area contributed by atoms with E-state index < -0.39 is 17.4 Å². The van der Waals surface area contributed by atoms with Crippen molar-refractivity contribution in [1.82, 2.24) is 0 Å². The van der Waals surface area contributed by atoms with Crippen molar-refractivity contribution < 1.29 is 19.1 Å². The summed E-state index contributed by atoms with van der Waals surface area (Å²) < 4.78 is 12.1. The number of carbonyl (C=O) groups is 2. The van der Waals surface area contributed by atoms with Crippen molar-refractivity contribution in [2.75, 3.05) is 18.1 Å². The van der Waals surface area contributed by atoms with Crippen molar-refractivity contribution in [3.63, 3.8) is 0 Å². The van der Waals surface area contributed by atoms with Gasteiger partial charge in [-0.25, -0.2) is 0 Å². The zero-order chi connectivity index (χ0) is 16.2. The van der Waals surface area contributed by atoms with Crippen LogP contribution in [0.4, 0.5) is 5.69 Å². The summed E-state index contributed by atoms with van der Waals surface area (Å²) in [6, 6.07) is 7.56. The number of hydrogen-bond donors (Lipinski definition) is 0. The molecule has 3 aliphatic rings. The average Bonchev–Trinajstić information content (AvgIpc) is 3.17. The number of ether oxygens (including phenoxy) is 2. The van der Waals surface area contributed by atoms with Crippen molar-refractivity contribution in [3.8, 4) is 0 Å². The Morgan fingerprint density at radius 2 is 2.17 bits per heavy atom. The summed E-state index contributed by atoms with van der Waals surface area (Å²) in [5.41, 5.74) is 0.108. The molecule has 23 heavy (non-hydrogen) atoms. The second kappa shape index (κ2) is 5.18. The number of halogens is 1. The highest BCUT2D eigenvalue weighted by atomic mass is 79.9. The van der Waals surface area contributed by atoms with Crippen molar-refractivity contribution in [1.29, 1.82) is 0 Å². The first-order valence-corrected chi connectivity index (χ1v) is 8.46. The highest BCUT2D eigenvalue weighted by Gasteiger charge is 2.67. The van der Waals surface area contributed by atoms with Crippen LogP contribution in [0.5, 0.6) is 0 Å². The lowest BCUT2D eigenvalue weighted by Crippen LogP contribution is -2.40. The summed E-state index contributed by atoms with van der Waals surface area (Å²) >= 11 is 3.39. The largest absolute Gasteiger partial charge is 0.466 e. The third kappa shape index (κ3) is 2.08. The van der Waals surface area contributed by atoms with E-state index >= 15 is 0 Å². The van der Waals surface area contributed by atoms with Gasteiger partial charge in [-0.2, -0.15) is 0 Å². The Bertz CT molecular complexity index is 701. The summed E-state index contributed by atoms with van der Waals surface area (Å²) in [6.07, 6.45) is 3.47. The molecule has 0 aromatic heterocycles. The van der Waals surface area contributed by atoms with Crippen LogP contribution >= 0.6 is 15.9 Å². The van der Waals surface area contributed by atoms with Gasteiger partial charge in [-0.1, -0.05) is 28.1 Å². The van der Waals surface area contributed by atoms with Crippen molar-refractivity contribution >= 4 is 33.5 Å². The second-order valence-electron chi connectivity index (χ2n) is 6.05. The van der Waals surface area contributed by atoms with Crippen molar-refractivity contribution in [2.45, 2.75) is 18.6 Å². The number of hydrogen-bond acceptors (Lipinski definition) is 4. The zero-order valence-electron chi connectivity index (χ0n) is 12.6. The van der Waals surface area contributed by atoms with Crippen LogP contribution in [-0.4, -0.2) is 36.7 Å². The van der Waals surface area contributed by atoms with Crippen LogP contribution in [0.25, 0.3) is 0 Å². The third-order valence-corrected chi connectivity index (χ3v) is 5.33. The van der Waals surface area contributed by atoms with Crippen LogP contribution in [0.2, 0.25) is 0 Å². The molecule has 5 nitrogen and oxygen atoms in total. The second-order valence-corrected chi connectivity index (χ2v) is 6.97. The Morgan fingerprint density at radius 3 is 2.87 bits per heavy atom. The normalized spacial score (nSPS) is 34.1. The number of rotatable bonds is 3. The van der Waals surface area contributed by atoms with E-state index in [4.69, 9.17) is 9.47 Å². The molecule has 0 unspecified atom stereocenters. The molecule has 0 aliphatic carbocycles. The van der Waals surface area contributed by atoms with E-state index in [0.29, 0.717) is 13.2 Å². The lowest BCUT2D eigenvalue weighted by Gasteiger charge is -2.22. The number of carbonyl (C=O) groups excluding carboxylic acids is 2. The smallest absolute Gasteiger partial charge is 0.312 e. The fraction of sp³-hybridized carbons (Fsp3) is 0.412. The molecule has 2 saturated heterocycles. The van der Waals surface area contributed by atoms with E-state index in [9.17, 15) is 9.59 Å². The Kier molecular flexibility index (Phi) is 3.35. The zero-order valence-corrected chi connectivity index (χ0v) is 14.2. The summed E-state index contributed by atoms with van der Waals surface area (Å²) in [4.78, 5) is 27.0. The number of anilines is 1. The van der Waals surface area contributed by atoms with Gasteiger partial charge in [0.1, 0.15) is 11.5 Å². The van der Waals surface area contributed by atoms with Gasteiger partial charge in [0, 0.05) is 10.2 Å². The molecule has 4 rings (SSSR count). The van der Waals surface area contributed by atoms with Gasteiger partial charge in [0.05, 0.1) is 25.2 Å². The average molecular weight is 378 g/mol. The Hall–Kier alpha value is -1.66. The molecule has 3 aliphatic heterocycles. The standard InChI is InChI=1S/C17H16BrNO4/c1-2-22-16(21)13-12-7-8-17(23-12)9-19(15(20)14(13)17)11-5-3-10(18)4-6-11/h3-8,12-14H,2,9H2,1H3/t12-,13-,14-,17+/m0/s1. The Balaban J connectivity index is 1.68. The summed E-state index contributed by atoms with van der Waals surface area (Å²) in [5, 5.41) is 0. The molecule has 1 amide bonds. The number of nitrogens with zero attached hydrogens (tertiary/aromatic N) is 1. The van der Waals surface area contributed by atoms with Crippen LogP contribution in [0.1, 0.15) is 6.92 Å². The van der Waals surface area contributed by atoms with Gasteiger partial charge in [0.15, 0.2) is 0 Å². The fourth-order valence-electron chi connectivity index (χ4n) is 3.85. The van der Waals surface area contributed by atoms with E-state index in [0.717, 1.165) is 10.2 Å². The number of esters is 1. The van der Waals surface area contributed by atoms with Gasteiger partial charge in [0.2, 0.25) is 5.91 Å². The Morgan fingerprint density at radius 1 is 1.43 bits per heavy atom. The molecule has 6 heteroatoms. The molecular weight excluding hydrogens is 362 g/mol. The lowest BCUT2D eigenvalue weighted by molar-refractivity contribution is -0.151. The SMILES string of the molecule is CCOC(=O)[C@H]1[C@@H]2C=C[C@]3(CN(c4ccc(Br)cc4)C(=O)[C@H]13)O2. The predicted octanol–water partition coefficient (Wildman–Crippen LogP) is 2.30. The van der Waals surface area contributed by atoms with E-state index in [2.05, 4.69) is 15.9 Å². The molecule has 1 aromatic carbocycles. The summed E-state index contributed by atoms with van der Waals surface area (Å²) in [5.74, 6) is -1.47. The highest BCUT2D eigenvalue weighted by molar-refractivity contribution is 9.10. The molecule has 0 saturated carbocycles. The molecule has 1 aromatic rings. The first kappa shape index (κ1) is 14.9. The van der Waals surface area contributed by atoms with E-state index in [1.54, 1.807) is 11.8 Å². The van der Waals surface area contributed by atoms with Crippen LogP contribution in [0, 0.1) is 11.8 Å². The van der Waals surface area contributed by atoms with Gasteiger partial charge < -0.3 is 14.4 Å². The molecule has 2 fully saturated rings. The maximum atomic E-state index is 13.0. The molecule has 0 radical (unpaired) electrons. The van der Waals surface area contributed by atoms with Gasteiger partial charge in [0.25, 0.3) is 0 Å². The van der Waals surface area contributed by atoms with Gasteiger partial charge in [-0.3, -0.25) is 9.59 Å². The molecule has 3 heterocycles. The minimum absolute atomic E-state index is 0.0720. The highest BCUT2D eigenvalue weighted by Crippen LogP contribution is 2.52. The summed E-state index contributed by atoms with van der Waals surface area (Å²) in [6.45, 7) is 2.50. The molecule has 1 spiro atoms. The first-order chi connectivity index (χ1) is 11.1. The van der Waals surface area contributed by atoms with Crippen molar-refractivity contribution in [2.24, 2.45) is 11.8 Å². The molecule has 0 N–H and O–H groups in total. The molecule has 120 valence electrons. The van der Waals surface area contributed by atoms with Gasteiger partial charge in [-0.05, 0) is 31.2 Å². The topological polar surface area (TPSA) is 55.8 Å². The van der Waals surface area contributed by atoms with Crippen LogP contribution < -0.4 is 4.90 Å². The maximum Gasteiger partial charge on any atom is 0.312 e. The maximum absolute atomic E-state index is 13.0. The van der Waals surface area contributed by atoms with Crippen LogP contribution in [0.3, 0.4) is 0 Å². The van der Waals surface area contributed by atoms with Crippen molar-refractivity contribution in [3.05, 3.63) is 40.9 Å². The van der Waals surface area contributed by atoms with Crippen LogP contribution in [-0.2, 0) is 19.1 Å².